The largest absolute Gasteiger partial charge is 0.492 e. The molecule has 0 radical (unpaired) electrons. The number of nitrogens with one attached hydrogen (secondary N) is 1. The molecule has 13 heteroatoms. The van der Waals surface area contributed by atoms with Crippen LogP contribution in [0.1, 0.15) is 37.7 Å². The molecule has 2 aliphatic heterocycles. The van der Waals surface area contributed by atoms with Crippen molar-refractivity contribution in [2.45, 2.75) is 42.8 Å². The van der Waals surface area contributed by atoms with Gasteiger partial charge in [-0.05, 0) is 62.1 Å². The number of halogens is 2. The molecule has 0 unspecified atom stereocenters. The minimum absolute atomic E-state index is 0.146. The first-order valence-corrected chi connectivity index (χ1v) is 16.8. The molecule has 1 amide bonds. The van der Waals surface area contributed by atoms with E-state index >= 15 is 0 Å². The van der Waals surface area contributed by atoms with Crippen molar-refractivity contribution in [2.24, 2.45) is 5.92 Å². The van der Waals surface area contributed by atoms with E-state index in [-0.39, 0.29) is 48.7 Å². The fraction of sp³-hybridized carbons (Fsp3) is 0.500. The lowest BCUT2D eigenvalue weighted by atomic mass is 9.97. The number of hydrogen-bond donors (Lipinski definition) is 1. The van der Waals surface area contributed by atoms with Gasteiger partial charge in [-0.1, -0.05) is 35.7 Å². The molecule has 2 aromatic carbocycles. The predicted octanol–water partition coefficient (Wildman–Crippen LogP) is 3.91. The molecule has 0 saturated carbocycles. The summed E-state index contributed by atoms with van der Waals surface area (Å²) in [5, 5.41) is 3.45. The van der Waals surface area contributed by atoms with Crippen LogP contribution in [0.2, 0.25) is 10.0 Å². The maximum absolute atomic E-state index is 12.9. The molecule has 39 heavy (non-hydrogen) atoms. The lowest BCUT2D eigenvalue weighted by Gasteiger charge is -2.30. The van der Waals surface area contributed by atoms with Gasteiger partial charge in [-0.2, -0.15) is 4.31 Å². The Balaban J connectivity index is 1.19. The Kier molecular flexibility index (Phi) is 10.2. The van der Waals surface area contributed by atoms with Crippen LogP contribution < -0.4 is 10.1 Å². The van der Waals surface area contributed by atoms with E-state index in [2.05, 4.69) is 5.32 Å². The first-order chi connectivity index (χ1) is 18.6. The summed E-state index contributed by atoms with van der Waals surface area (Å²) >= 11 is 12.3. The highest BCUT2D eigenvalue weighted by Crippen LogP contribution is 2.29. The van der Waals surface area contributed by atoms with E-state index in [1.807, 2.05) is 0 Å². The van der Waals surface area contributed by atoms with E-state index in [0.29, 0.717) is 47.3 Å². The van der Waals surface area contributed by atoms with Crippen LogP contribution in [0.5, 0.6) is 5.75 Å². The highest BCUT2D eigenvalue weighted by atomic mass is 35.5. The predicted molar refractivity (Wildman–Crippen MR) is 151 cm³/mol. The molecule has 2 aromatic rings. The van der Waals surface area contributed by atoms with Gasteiger partial charge in [-0.25, -0.2) is 21.1 Å². The quantitative estimate of drug-likeness (QED) is 0.405. The fourth-order valence-corrected chi connectivity index (χ4v) is 8.62. The number of amides is 1. The van der Waals surface area contributed by atoms with Crippen molar-refractivity contribution in [1.29, 1.82) is 0 Å². The van der Waals surface area contributed by atoms with E-state index < -0.39 is 20.0 Å². The Hall–Kier alpha value is -1.89. The van der Waals surface area contributed by atoms with Crippen LogP contribution in [0.3, 0.4) is 0 Å². The van der Waals surface area contributed by atoms with Crippen LogP contribution >= 0.6 is 23.2 Å². The van der Waals surface area contributed by atoms with E-state index in [4.69, 9.17) is 27.9 Å². The third-order valence-corrected chi connectivity index (χ3v) is 11.5. The number of sulfonamides is 2. The number of ether oxygens (including phenoxy) is 1. The summed E-state index contributed by atoms with van der Waals surface area (Å²) in [5.41, 5.74) is 0.374. The van der Waals surface area contributed by atoms with Gasteiger partial charge in [0.1, 0.15) is 12.4 Å². The minimum atomic E-state index is -3.63. The first kappa shape index (κ1) is 30.1. The molecule has 9 nitrogen and oxygen atoms in total. The van der Waals surface area contributed by atoms with Gasteiger partial charge in [-0.3, -0.25) is 4.79 Å². The van der Waals surface area contributed by atoms with Crippen LogP contribution in [0.4, 0.5) is 0 Å². The molecule has 2 saturated heterocycles. The zero-order valence-electron chi connectivity index (χ0n) is 21.5. The van der Waals surface area contributed by atoms with Crippen LogP contribution in [-0.2, 0) is 30.6 Å². The SMILES string of the molecule is O=C(NCCOc1ccc(S(=O)(=O)N2CCCCC2)cc1)C1CCN(S(=O)(=O)Cc2c(Cl)cccc2Cl)CC1. The van der Waals surface area contributed by atoms with Crippen LogP contribution in [0.25, 0.3) is 0 Å². The number of carbonyl (C=O) groups excluding carboxylic acids is 1. The molecule has 1 N–H and O–H groups in total. The van der Waals surface area contributed by atoms with E-state index in [1.54, 1.807) is 42.5 Å². The lowest BCUT2D eigenvalue weighted by Crippen LogP contribution is -2.44. The molecule has 214 valence electrons. The van der Waals surface area contributed by atoms with Gasteiger partial charge < -0.3 is 10.1 Å². The first-order valence-electron chi connectivity index (χ1n) is 13.0. The second-order valence-corrected chi connectivity index (χ2v) is 14.4. The van der Waals surface area contributed by atoms with Crippen molar-refractivity contribution in [3.63, 3.8) is 0 Å². The van der Waals surface area contributed by atoms with Gasteiger partial charge >= 0.3 is 0 Å². The highest BCUT2D eigenvalue weighted by molar-refractivity contribution is 7.89. The molecule has 0 aliphatic carbocycles. The fourth-order valence-electron chi connectivity index (χ4n) is 4.79. The summed E-state index contributed by atoms with van der Waals surface area (Å²) < 4.78 is 59.9. The number of nitrogens with zero attached hydrogens (tertiary/aromatic N) is 2. The Morgan fingerprint density at radius 1 is 0.872 bits per heavy atom. The zero-order chi connectivity index (χ0) is 28.0. The van der Waals surface area contributed by atoms with Gasteiger partial charge in [-0.15, -0.1) is 0 Å². The molecule has 2 aliphatic rings. The molecule has 0 aromatic heterocycles. The summed E-state index contributed by atoms with van der Waals surface area (Å²) in [7, 11) is -7.12. The van der Waals surface area contributed by atoms with E-state index in [0.717, 1.165) is 19.3 Å². The summed E-state index contributed by atoms with van der Waals surface area (Å²) in [4.78, 5) is 12.9. The Morgan fingerprint density at radius 2 is 1.49 bits per heavy atom. The number of carbonyl (C=O) groups is 1. The zero-order valence-corrected chi connectivity index (χ0v) is 24.7. The maximum Gasteiger partial charge on any atom is 0.243 e. The minimum Gasteiger partial charge on any atom is -0.492 e. The van der Waals surface area contributed by atoms with Gasteiger partial charge in [0.15, 0.2) is 0 Å². The summed E-state index contributed by atoms with van der Waals surface area (Å²) in [6.07, 6.45) is 3.63. The molecule has 2 fully saturated rings. The van der Waals surface area contributed by atoms with Crippen LogP contribution in [0, 0.1) is 5.92 Å². The maximum atomic E-state index is 12.9. The lowest BCUT2D eigenvalue weighted by molar-refractivity contribution is -0.126. The van der Waals surface area contributed by atoms with Crippen LogP contribution in [-0.4, -0.2) is 70.7 Å². The monoisotopic (exact) mass is 617 g/mol. The van der Waals surface area contributed by atoms with Crippen molar-refractivity contribution >= 4 is 49.2 Å². The average Bonchev–Trinajstić information content (AvgIpc) is 2.94. The summed E-state index contributed by atoms with van der Waals surface area (Å²) in [6.45, 7) is 2.07. The third-order valence-electron chi connectivity index (χ3n) is 7.05. The molecular formula is C26H33Cl2N3O6S2. The highest BCUT2D eigenvalue weighted by Gasteiger charge is 2.32. The second kappa shape index (κ2) is 13.2. The number of benzene rings is 2. The van der Waals surface area contributed by atoms with E-state index in [9.17, 15) is 21.6 Å². The summed E-state index contributed by atoms with van der Waals surface area (Å²) in [6, 6.07) is 11.2. The van der Waals surface area contributed by atoms with Crippen molar-refractivity contribution in [3.8, 4) is 5.75 Å². The van der Waals surface area contributed by atoms with Gasteiger partial charge in [0.25, 0.3) is 0 Å². The number of rotatable bonds is 10. The van der Waals surface area contributed by atoms with E-state index in [1.165, 1.54) is 8.61 Å². The molecule has 0 atom stereocenters. The van der Waals surface area contributed by atoms with Crippen molar-refractivity contribution in [3.05, 3.63) is 58.1 Å². The molecule has 0 bridgehead atoms. The van der Waals surface area contributed by atoms with Crippen LogP contribution in [0.15, 0.2) is 47.4 Å². The molecule has 4 rings (SSSR count). The van der Waals surface area contributed by atoms with Gasteiger partial charge in [0, 0.05) is 47.7 Å². The standard InChI is InChI=1S/C26H33Cl2N3O6S2/c27-24-5-4-6-25(28)23(24)19-38(33,34)30-16-11-20(12-17-30)26(32)29-13-18-37-21-7-9-22(10-8-21)39(35,36)31-14-2-1-3-15-31/h4-10,20H,1-3,11-19H2,(H,29,32). The van der Waals surface area contributed by atoms with Gasteiger partial charge in [0.2, 0.25) is 26.0 Å². The average molecular weight is 619 g/mol. The topological polar surface area (TPSA) is 113 Å². The molecular weight excluding hydrogens is 585 g/mol. The number of piperidine rings is 2. The summed E-state index contributed by atoms with van der Waals surface area (Å²) in [5.74, 6) is -0.211. The second-order valence-electron chi connectivity index (χ2n) is 9.71. The Morgan fingerprint density at radius 3 is 2.10 bits per heavy atom. The third kappa shape index (κ3) is 7.65. The normalized spacial score (nSPS) is 18.1. The Labute approximate surface area is 240 Å². The smallest absolute Gasteiger partial charge is 0.243 e. The number of hydrogen-bond acceptors (Lipinski definition) is 6. The molecule has 2 heterocycles. The van der Waals surface area contributed by atoms with Gasteiger partial charge in [0.05, 0.1) is 17.2 Å². The Bertz CT molecular complexity index is 1340. The van der Waals surface area contributed by atoms with Crippen molar-refractivity contribution < 1.29 is 26.4 Å². The molecule has 0 spiro atoms. The van der Waals surface area contributed by atoms with Crippen molar-refractivity contribution in [1.82, 2.24) is 13.9 Å². The van der Waals surface area contributed by atoms with Crippen molar-refractivity contribution in [2.75, 3.05) is 39.3 Å².